The second-order valence-corrected chi connectivity index (χ2v) is 4.92. The van der Waals surface area contributed by atoms with Gasteiger partial charge in [-0.25, -0.2) is 4.79 Å². The average Bonchev–Trinajstić information content (AvgIpc) is 2.94. The van der Waals surface area contributed by atoms with E-state index in [1.807, 2.05) is 0 Å². The molecule has 1 amide bonds. The smallest absolute Gasteiger partial charge is 0.329 e. The average molecular weight is 226 g/mol. The van der Waals surface area contributed by atoms with Crippen LogP contribution in [0, 0.1) is 5.92 Å². The van der Waals surface area contributed by atoms with Crippen LogP contribution in [0.1, 0.15) is 32.6 Å². The third kappa shape index (κ3) is 2.04. The molecular formula is C11H18N2O3. The lowest BCUT2D eigenvalue weighted by Crippen LogP contribution is -2.57. The van der Waals surface area contributed by atoms with Gasteiger partial charge in [-0.3, -0.25) is 4.79 Å². The molecule has 2 rings (SSSR count). The molecule has 2 aliphatic rings. The molecule has 0 radical (unpaired) electrons. The van der Waals surface area contributed by atoms with Gasteiger partial charge in [-0.05, 0) is 45.1 Å². The molecule has 5 heteroatoms. The van der Waals surface area contributed by atoms with Crippen molar-refractivity contribution in [3.8, 4) is 0 Å². The number of hydrogen-bond acceptors (Lipinski definition) is 3. The summed E-state index contributed by atoms with van der Waals surface area (Å²) in [6.07, 6.45) is 3.56. The lowest BCUT2D eigenvalue weighted by atomic mass is 9.95. The van der Waals surface area contributed by atoms with Gasteiger partial charge in [0.1, 0.15) is 5.54 Å². The predicted molar refractivity (Wildman–Crippen MR) is 57.9 cm³/mol. The summed E-state index contributed by atoms with van der Waals surface area (Å²) >= 11 is 0. The first kappa shape index (κ1) is 11.4. The van der Waals surface area contributed by atoms with E-state index < -0.39 is 11.5 Å². The van der Waals surface area contributed by atoms with Crippen LogP contribution in [0.3, 0.4) is 0 Å². The van der Waals surface area contributed by atoms with Gasteiger partial charge in [0.25, 0.3) is 0 Å². The van der Waals surface area contributed by atoms with Gasteiger partial charge in [-0.15, -0.1) is 0 Å². The van der Waals surface area contributed by atoms with Crippen LogP contribution >= 0.6 is 0 Å². The largest absolute Gasteiger partial charge is 0.480 e. The second kappa shape index (κ2) is 4.05. The minimum atomic E-state index is -1.08. The summed E-state index contributed by atoms with van der Waals surface area (Å²) < 4.78 is 0. The highest BCUT2D eigenvalue weighted by Crippen LogP contribution is 2.39. The fourth-order valence-corrected chi connectivity index (χ4v) is 2.24. The van der Waals surface area contributed by atoms with Crippen molar-refractivity contribution in [2.24, 2.45) is 5.92 Å². The Morgan fingerprint density at radius 1 is 1.38 bits per heavy atom. The van der Waals surface area contributed by atoms with Gasteiger partial charge in [-0.2, -0.15) is 0 Å². The van der Waals surface area contributed by atoms with Crippen LogP contribution < -0.4 is 10.6 Å². The van der Waals surface area contributed by atoms with Gasteiger partial charge in [0.2, 0.25) is 5.91 Å². The zero-order valence-corrected chi connectivity index (χ0v) is 9.45. The fourth-order valence-electron chi connectivity index (χ4n) is 2.24. The summed E-state index contributed by atoms with van der Waals surface area (Å²) in [6.45, 7) is 2.45. The number of carboxylic acid groups (broad SMARTS) is 1. The molecular weight excluding hydrogens is 208 g/mol. The maximum absolute atomic E-state index is 11.9. The number of aliphatic carboxylic acids is 1. The number of nitrogens with one attached hydrogen (secondary N) is 2. The van der Waals surface area contributed by atoms with Gasteiger partial charge in [-0.1, -0.05) is 0 Å². The molecule has 5 nitrogen and oxygen atoms in total. The van der Waals surface area contributed by atoms with Crippen molar-refractivity contribution in [2.75, 3.05) is 6.54 Å². The van der Waals surface area contributed by atoms with Gasteiger partial charge < -0.3 is 15.7 Å². The monoisotopic (exact) mass is 226 g/mol. The summed E-state index contributed by atoms with van der Waals surface area (Å²) in [5, 5.41) is 15.0. The van der Waals surface area contributed by atoms with Crippen molar-refractivity contribution >= 4 is 11.9 Å². The van der Waals surface area contributed by atoms with E-state index in [0.29, 0.717) is 0 Å². The lowest BCUT2D eigenvalue weighted by molar-refractivity contribution is -0.148. The molecule has 1 heterocycles. The van der Waals surface area contributed by atoms with Crippen molar-refractivity contribution in [3.05, 3.63) is 0 Å². The third-order valence-electron chi connectivity index (χ3n) is 3.60. The SMILES string of the molecule is CC(NC(=O)[C@H]1CCCN1)(C(=O)O)C1CC1. The van der Waals surface area contributed by atoms with E-state index in [9.17, 15) is 14.7 Å². The molecule has 2 atom stereocenters. The van der Waals surface area contributed by atoms with Gasteiger partial charge in [0, 0.05) is 0 Å². The Morgan fingerprint density at radius 2 is 2.06 bits per heavy atom. The Hall–Kier alpha value is -1.10. The molecule has 0 spiro atoms. The van der Waals surface area contributed by atoms with Crippen LogP contribution in [-0.4, -0.2) is 35.1 Å². The quantitative estimate of drug-likeness (QED) is 0.635. The molecule has 1 saturated carbocycles. The first-order valence-corrected chi connectivity index (χ1v) is 5.83. The molecule has 3 N–H and O–H groups in total. The summed E-state index contributed by atoms with van der Waals surface area (Å²) in [5.74, 6) is -1.01. The molecule has 0 aromatic carbocycles. The van der Waals surface area contributed by atoms with E-state index in [1.54, 1.807) is 6.92 Å². The van der Waals surface area contributed by atoms with Gasteiger partial charge >= 0.3 is 5.97 Å². The molecule has 1 aliphatic carbocycles. The van der Waals surface area contributed by atoms with Crippen LogP contribution in [0.15, 0.2) is 0 Å². The highest BCUT2D eigenvalue weighted by molar-refractivity contribution is 5.90. The molecule has 16 heavy (non-hydrogen) atoms. The number of hydrogen-bond donors (Lipinski definition) is 3. The van der Waals surface area contributed by atoms with E-state index in [0.717, 1.165) is 32.2 Å². The minimum absolute atomic E-state index is 0.0929. The summed E-state index contributed by atoms with van der Waals surface area (Å²) in [5.41, 5.74) is -1.08. The topological polar surface area (TPSA) is 78.4 Å². The second-order valence-electron chi connectivity index (χ2n) is 4.92. The molecule has 0 aromatic rings. The zero-order chi connectivity index (χ0) is 11.8. The Balaban J connectivity index is 2.00. The van der Waals surface area contributed by atoms with Crippen LogP contribution in [0.2, 0.25) is 0 Å². The molecule has 0 aromatic heterocycles. The number of carboxylic acids is 1. The lowest BCUT2D eigenvalue weighted by Gasteiger charge is -2.27. The summed E-state index contributed by atoms with van der Waals surface area (Å²) in [7, 11) is 0. The Kier molecular flexibility index (Phi) is 2.88. The van der Waals surface area contributed by atoms with E-state index in [4.69, 9.17) is 0 Å². The minimum Gasteiger partial charge on any atom is -0.480 e. The van der Waals surface area contributed by atoms with Crippen molar-refractivity contribution < 1.29 is 14.7 Å². The van der Waals surface area contributed by atoms with Crippen molar-refractivity contribution in [1.29, 1.82) is 0 Å². The van der Waals surface area contributed by atoms with E-state index in [-0.39, 0.29) is 17.9 Å². The number of amides is 1. The van der Waals surface area contributed by atoms with E-state index >= 15 is 0 Å². The van der Waals surface area contributed by atoms with Crippen molar-refractivity contribution in [2.45, 2.75) is 44.2 Å². The summed E-state index contributed by atoms with van der Waals surface area (Å²) in [4.78, 5) is 23.1. The maximum Gasteiger partial charge on any atom is 0.329 e. The Morgan fingerprint density at radius 3 is 2.50 bits per heavy atom. The molecule has 1 aliphatic heterocycles. The number of rotatable bonds is 4. The highest BCUT2D eigenvalue weighted by atomic mass is 16.4. The molecule has 1 saturated heterocycles. The number of carbonyl (C=O) groups is 2. The molecule has 0 bridgehead atoms. The van der Waals surface area contributed by atoms with Gasteiger partial charge in [0.15, 0.2) is 0 Å². The highest BCUT2D eigenvalue weighted by Gasteiger charge is 2.49. The van der Waals surface area contributed by atoms with Crippen molar-refractivity contribution in [3.63, 3.8) is 0 Å². The molecule has 90 valence electrons. The summed E-state index contributed by atoms with van der Waals surface area (Å²) in [6, 6.07) is -0.211. The third-order valence-corrected chi connectivity index (χ3v) is 3.60. The van der Waals surface area contributed by atoms with Crippen LogP contribution in [0.25, 0.3) is 0 Å². The number of carbonyl (C=O) groups excluding carboxylic acids is 1. The first-order valence-electron chi connectivity index (χ1n) is 5.83. The molecule has 1 unspecified atom stereocenters. The molecule has 2 fully saturated rings. The van der Waals surface area contributed by atoms with Crippen LogP contribution in [0.5, 0.6) is 0 Å². The first-order chi connectivity index (χ1) is 7.54. The van der Waals surface area contributed by atoms with Gasteiger partial charge in [0.05, 0.1) is 6.04 Å². The fraction of sp³-hybridized carbons (Fsp3) is 0.818. The predicted octanol–water partition coefficient (Wildman–Crippen LogP) is 0.108. The van der Waals surface area contributed by atoms with E-state index in [1.165, 1.54) is 0 Å². The maximum atomic E-state index is 11.9. The van der Waals surface area contributed by atoms with Crippen molar-refractivity contribution in [1.82, 2.24) is 10.6 Å². The normalized spacial score (nSPS) is 28.4. The zero-order valence-electron chi connectivity index (χ0n) is 9.45. The Bertz CT molecular complexity index is 308. The van der Waals surface area contributed by atoms with Crippen LogP contribution in [0.4, 0.5) is 0 Å². The van der Waals surface area contributed by atoms with E-state index in [2.05, 4.69) is 10.6 Å². The Labute approximate surface area is 94.6 Å². The standard InChI is InChI=1S/C11H18N2O3/c1-11(10(15)16,7-4-5-7)13-9(14)8-3-2-6-12-8/h7-8,12H,2-6H2,1H3,(H,13,14)(H,15,16)/t8-,11?/m1/s1. The van der Waals surface area contributed by atoms with Crippen LogP contribution in [-0.2, 0) is 9.59 Å².